The number of anilines is 1. The number of carboxylic acids is 1. The standard InChI is InChI=1S/C32H39N7O3/c1-19(2)32-37-26-16-27(36-13-10-30(40)41)29(42-22-11-14-38(15-12-22)20(3)33)17-28(26)39(32)18-21-8-9-25(31(34)35)24-7-5-4-6-23(21)24/h4-9,16-17,19,22,33,36H,10-15,18H2,1-3H3,(H3,34,35)(H,40,41). The highest BCUT2D eigenvalue weighted by Crippen LogP contribution is 2.35. The highest BCUT2D eigenvalue weighted by Gasteiger charge is 2.24. The van der Waals surface area contributed by atoms with Gasteiger partial charge in [-0.1, -0.05) is 50.2 Å². The SMILES string of the molecule is CC(=N)N1CCC(Oc2cc3c(cc2NCCC(=O)O)nc(C(C)C)n3Cc2ccc(C(=N)N)c3ccccc23)CC1. The van der Waals surface area contributed by atoms with Crippen molar-refractivity contribution < 1.29 is 14.6 Å². The minimum Gasteiger partial charge on any atom is -0.488 e. The van der Waals surface area contributed by atoms with Crippen LogP contribution in [0.25, 0.3) is 21.8 Å². The number of likely N-dealkylation sites (tertiary alicyclic amines) is 1. The zero-order chi connectivity index (χ0) is 30.0. The molecule has 0 radical (unpaired) electrons. The summed E-state index contributed by atoms with van der Waals surface area (Å²) in [4.78, 5) is 18.3. The molecule has 3 aromatic carbocycles. The number of hydrogen-bond donors (Lipinski definition) is 5. The Labute approximate surface area is 245 Å². The van der Waals surface area contributed by atoms with Crippen LogP contribution in [-0.2, 0) is 11.3 Å². The van der Waals surface area contributed by atoms with E-state index >= 15 is 0 Å². The number of piperidine rings is 1. The Morgan fingerprint density at radius 3 is 2.50 bits per heavy atom. The van der Waals surface area contributed by atoms with Gasteiger partial charge in [0.05, 0.1) is 29.0 Å². The van der Waals surface area contributed by atoms with Gasteiger partial charge in [-0.2, -0.15) is 0 Å². The van der Waals surface area contributed by atoms with Gasteiger partial charge >= 0.3 is 5.97 Å². The van der Waals surface area contributed by atoms with Gasteiger partial charge in [0, 0.05) is 56.6 Å². The van der Waals surface area contributed by atoms with Gasteiger partial charge in [-0.05, 0) is 29.3 Å². The third-order valence-corrected chi connectivity index (χ3v) is 7.89. The molecule has 0 atom stereocenters. The number of rotatable bonds is 10. The predicted molar refractivity (Wildman–Crippen MR) is 167 cm³/mol. The Morgan fingerprint density at radius 2 is 1.86 bits per heavy atom. The Hall–Kier alpha value is -4.60. The first-order valence-electron chi connectivity index (χ1n) is 14.4. The van der Waals surface area contributed by atoms with Gasteiger partial charge in [0.1, 0.15) is 23.5 Å². The number of amidine groups is 2. The van der Waals surface area contributed by atoms with Crippen molar-refractivity contribution in [2.45, 2.75) is 58.6 Å². The summed E-state index contributed by atoms with van der Waals surface area (Å²) < 4.78 is 8.81. The fraction of sp³-hybridized carbons (Fsp3) is 0.375. The van der Waals surface area contributed by atoms with E-state index < -0.39 is 5.97 Å². The smallest absolute Gasteiger partial charge is 0.305 e. The molecule has 2 heterocycles. The Kier molecular flexibility index (Phi) is 8.33. The largest absolute Gasteiger partial charge is 0.488 e. The van der Waals surface area contributed by atoms with Gasteiger partial charge in [0.15, 0.2) is 0 Å². The monoisotopic (exact) mass is 569 g/mol. The van der Waals surface area contributed by atoms with Crippen molar-refractivity contribution >= 4 is 45.1 Å². The van der Waals surface area contributed by atoms with Crippen LogP contribution in [0, 0.1) is 10.8 Å². The Balaban J connectivity index is 1.56. The average molecular weight is 570 g/mol. The van der Waals surface area contributed by atoms with Gasteiger partial charge in [0.25, 0.3) is 0 Å². The summed E-state index contributed by atoms with van der Waals surface area (Å²) in [6.45, 7) is 8.43. The van der Waals surface area contributed by atoms with E-state index in [-0.39, 0.29) is 30.8 Å². The topological polar surface area (TPSA) is 153 Å². The fourth-order valence-electron chi connectivity index (χ4n) is 5.71. The van der Waals surface area contributed by atoms with Crippen molar-refractivity contribution in [3.63, 3.8) is 0 Å². The normalized spacial score (nSPS) is 14.0. The van der Waals surface area contributed by atoms with Gasteiger partial charge < -0.3 is 30.4 Å². The summed E-state index contributed by atoms with van der Waals surface area (Å²) in [6.07, 6.45) is 1.58. The lowest BCUT2D eigenvalue weighted by Crippen LogP contribution is -2.40. The molecule has 1 aromatic heterocycles. The number of carboxylic acid groups (broad SMARTS) is 1. The third-order valence-electron chi connectivity index (χ3n) is 7.89. The van der Waals surface area contributed by atoms with Gasteiger partial charge in [-0.15, -0.1) is 0 Å². The maximum Gasteiger partial charge on any atom is 0.305 e. The fourth-order valence-corrected chi connectivity index (χ4v) is 5.71. The number of nitrogens with two attached hydrogens (primary N) is 1. The van der Waals surface area contributed by atoms with E-state index in [2.05, 4.69) is 34.7 Å². The third kappa shape index (κ3) is 6.02. The lowest BCUT2D eigenvalue weighted by atomic mass is 9.98. The first-order valence-corrected chi connectivity index (χ1v) is 14.4. The van der Waals surface area contributed by atoms with Crippen LogP contribution < -0.4 is 15.8 Å². The highest BCUT2D eigenvalue weighted by atomic mass is 16.5. The molecule has 0 aliphatic carbocycles. The molecule has 0 bridgehead atoms. The van der Waals surface area contributed by atoms with Crippen molar-refractivity contribution in [1.29, 1.82) is 10.8 Å². The molecule has 6 N–H and O–H groups in total. The molecule has 42 heavy (non-hydrogen) atoms. The zero-order valence-electron chi connectivity index (χ0n) is 24.4. The maximum atomic E-state index is 11.2. The number of nitrogens with zero attached hydrogens (tertiary/aromatic N) is 3. The van der Waals surface area contributed by atoms with E-state index in [1.165, 1.54) is 0 Å². The van der Waals surface area contributed by atoms with E-state index in [1.807, 2.05) is 49.4 Å². The minimum atomic E-state index is -0.866. The first kappa shape index (κ1) is 28.9. The molecule has 0 spiro atoms. The lowest BCUT2D eigenvalue weighted by Gasteiger charge is -2.33. The van der Waals surface area contributed by atoms with Crippen LogP contribution in [0.5, 0.6) is 5.75 Å². The summed E-state index contributed by atoms with van der Waals surface area (Å²) in [5, 5.41) is 30.4. The molecule has 1 saturated heterocycles. The van der Waals surface area contributed by atoms with Crippen LogP contribution in [-0.4, -0.2) is 62.9 Å². The molecule has 1 fully saturated rings. The number of carbonyl (C=O) groups is 1. The van der Waals surface area contributed by atoms with Crippen LogP contribution >= 0.6 is 0 Å². The summed E-state index contributed by atoms with van der Waals surface area (Å²) >= 11 is 0. The van der Waals surface area contributed by atoms with Crippen LogP contribution in [0.15, 0.2) is 48.5 Å². The molecular weight excluding hydrogens is 530 g/mol. The Bertz CT molecular complexity index is 1650. The average Bonchev–Trinajstić information content (AvgIpc) is 3.30. The molecule has 10 heteroatoms. The van der Waals surface area contributed by atoms with Crippen LogP contribution in [0.4, 0.5) is 5.69 Å². The van der Waals surface area contributed by atoms with E-state index in [0.717, 1.165) is 64.8 Å². The van der Waals surface area contributed by atoms with Crippen LogP contribution in [0.2, 0.25) is 0 Å². The van der Waals surface area contributed by atoms with E-state index in [4.69, 9.17) is 26.3 Å². The maximum absolute atomic E-state index is 11.2. The highest BCUT2D eigenvalue weighted by molar-refractivity contribution is 6.08. The van der Waals surface area contributed by atoms with Crippen molar-refractivity contribution in [3.05, 3.63) is 65.5 Å². The molecule has 220 valence electrons. The summed E-state index contributed by atoms with van der Waals surface area (Å²) in [5.41, 5.74) is 10.2. The molecule has 1 aliphatic rings. The summed E-state index contributed by atoms with van der Waals surface area (Å²) in [5.74, 6) is 1.51. The van der Waals surface area contributed by atoms with E-state index in [9.17, 15) is 9.90 Å². The quantitative estimate of drug-likeness (QED) is 0.127. The zero-order valence-corrected chi connectivity index (χ0v) is 24.4. The summed E-state index contributed by atoms with van der Waals surface area (Å²) in [7, 11) is 0. The lowest BCUT2D eigenvalue weighted by molar-refractivity contribution is -0.136. The number of hydrogen-bond acceptors (Lipinski definition) is 6. The number of benzene rings is 3. The molecule has 0 amide bonds. The molecule has 10 nitrogen and oxygen atoms in total. The number of nitrogens with one attached hydrogen (secondary N) is 3. The van der Waals surface area contributed by atoms with Crippen LogP contribution in [0.1, 0.15) is 62.9 Å². The molecule has 4 aromatic rings. The van der Waals surface area contributed by atoms with Gasteiger partial charge in [-0.25, -0.2) is 4.98 Å². The number of aromatic nitrogens is 2. The molecule has 1 aliphatic heterocycles. The summed E-state index contributed by atoms with van der Waals surface area (Å²) in [6, 6.07) is 16.0. The van der Waals surface area contributed by atoms with Crippen molar-refractivity contribution in [1.82, 2.24) is 14.5 Å². The second-order valence-electron chi connectivity index (χ2n) is 11.2. The Morgan fingerprint density at radius 1 is 1.14 bits per heavy atom. The number of aliphatic carboxylic acids is 1. The molecule has 5 rings (SSSR count). The number of imidazole rings is 1. The van der Waals surface area contributed by atoms with Gasteiger partial charge in [-0.3, -0.25) is 15.6 Å². The predicted octanol–water partition coefficient (Wildman–Crippen LogP) is 5.37. The number of fused-ring (bicyclic) bond motifs is 2. The van der Waals surface area contributed by atoms with Crippen molar-refractivity contribution in [2.24, 2.45) is 5.73 Å². The second kappa shape index (κ2) is 12.1. The molecular formula is C32H39N7O3. The number of ether oxygens (including phenoxy) is 1. The molecule has 0 unspecified atom stereocenters. The van der Waals surface area contributed by atoms with Crippen molar-refractivity contribution in [3.8, 4) is 5.75 Å². The minimum absolute atomic E-state index is 0.0104. The second-order valence-corrected chi connectivity index (χ2v) is 11.2. The van der Waals surface area contributed by atoms with E-state index in [1.54, 1.807) is 0 Å². The molecule has 0 saturated carbocycles. The van der Waals surface area contributed by atoms with E-state index in [0.29, 0.717) is 23.7 Å². The number of nitrogen functional groups attached to an aromatic ring is 1. The van der Waals surface area contributed by atoms with Crippen LogP contribution in [0.3, 0.4) is 0 Å². The van der Waals surface area contributed by atoms with Gasteiger partial charge in [0.2, 0.25) is 0 Å². The first-order chi connectivity index (χ1) is 20.1. The van der Waals surface area contributed by atoms with Crippen molar-refractivity contribution in [2.75, 3.05) is 25.0 Å².